The maximum Gasteiger partial charge on any atom is 0.365 e. The highest BCUT2D eigenvalue weighted by Crippen LogP contribution is 2.70. The minimum Gasteiger partial charge on any atom is -0.338 e. The Kier molecular flexibility index (Phi) is 9.50. The highest BCUT2D eigenvalue weighted by molar-refractivity contribution is 7.73. The Morgan fingerprint density at radius 1 is 0.897 bits per heavy atom. The third-order valence-electron chi connectivity index (χ3n) is 3.65. The molecule has 0 radical (unpaired) electrons. The van der Waals surface area contributed by atoms with Crippen LogP contribution in [-0.2, 0) is 27.2 Å². The molecular formula is C18H28N2O6P2S. The highest BCUT2D eigenvalue weighted by atomic mass is 32.1. The van der Waals surface area contributed by atoms with Crippen molar-refractivity contribution in [1.29, 1.82) is 0 Å². The van der Waals surface area contributed by atoms with Gasteiger partial charge in [-0.3, -0.25) is 9.13 Å². The van der Waals surface area contributed by atoms with Gasteiger partial charge in [-0.15, -0.1) is 0 Å². The maximum atomic E-state index is 13.5. The van der Waals surface area contributed by atoms with Crippen molar-refractivity contribution in [2.75, 3.05) is 31.7 Å². The average molecular weight is 462 g/mol. The Hall–Kier alpha value is -1.05. The van der Waals surface area contributed by atoms with Gasteiger partial charge in [0.15, 0.2) is 5.13 Å². The zero-order valence-corrected chi connectivity index (χ0v) is 19.7. The second kappa shape index (κ2) is 11.4. The minimum atomic E-state index is -3.90. The molecule has 162 valence electrons. The van der Waals surface area contributed by atoms with E-state index in [0.29, 0.717) is 5.13 Å². The number of hydrogen-bond acceptors (Lipinski definition) is 9. The van der Waals surface area contributed by atoms with Gasteiger partial charge < -0.3 is 23.4 Å². The number of rotatable bonds is 13. The third kappa shape index (κ3) is 6.22. The van der Waals surface area contributed by atoms with E-state index in [4.69, 9.17) is 18.1 Å². The van der Waals surface area contributed by atoms with Crippen molar-refractivity contribution in [1.82, 2.24) is 4.98 Å². The number of nitrogens with zero attached hydrogens (tertiary/aromatic N) is 1. The molecule has 1 heterocycles. The van der Waals surface area contributed by atoms with Gasteiger partial charge in [-0.25, -0.2) is 4.98 Å². The van der Waals surface area contributed by atoms with E-state index in [1.54, 1.807) is 33.9 Å². The normalized spacial score (nSPS) is 12.4. The van der Waals surface area contributed by atoms with Crippen molar-refractivity contribution < 1.29 is 27.2 Å². The summed E-state index contributed by atoms with van der Waals surface area (Å²) >= 11 is 1.33. The van der Waals surface area contributed by atoms with Gasteiger partial charge in [0.2, 0.25) is 5.52 Å². The predicted molar refractivity (Wildman–Crippen MR) is 117 cm³/mol. The molecule has 8 nitrogen and oxygen atoms in total. The summed E-state index contributed by atoms with van der Waals surface area (Å²) in [6, 6.07) is 9.72. The number of anilines is 1. The van der Waals surface area contributed by atoms with Crippen LogP contribution < -0.4 is 5.32 Å². The SMILES string of the molecule is CCOP(=O)(OCC)C(Nc1ncc(-c2ccccc2)s1)P(=O)(OCC)OCC. The van der Waals surface area contributed by atoms with E-state index in [-0.39, 0.29) is 26.4 Å². The van der Waals surface area contributed by atoms with Crippen molar-refractivity contribution in [3.05, 3.63) is 36.5 Å². The lowest BCUT2D eigenvalue weighted by Gasteiger charge is -2.31. The zero-order chi connectivity index (χ0) is 21.3. The monoisotopic (exact) mass is 462 g/mol. The molecule has 0 saturated carbocycles. The Balaban J connectivity index is 2.43. The molecule has 1 aromatic carbocycles. The van der Waals surface area contributed by atoms with Gasteiger partial charge in [0.1, 0.15) is 0 Å². The molecular weight excluding hydrogens is 434 g/mol. The molecule has 29 heavy (non-hydrogen) atoms. The molecule has 0 aliphatic carbocycles. The summed E-state index contributed by atoms with van der Waals surface area (Å²) in [5.74, 6) is 0. The van der Waals surface area contributed by atoms with Crippen LogP contribution in [-0.4, -0.2) is 36.9 Å². The smallest absolute Gasteiger partial charge is 0.338 e. The Morgan fingerprint density at radius 3 is 1.83 bits per heavy atom. The van der Waals surface area contributed by atoms with Gasteiger partial charge in [-0.05, 0) is 33.3 Å². The molecule has 2 aromatic rings. The highest BCUT2D eigenvalue weighted by Gasteiger charge is 2.51. The van der Waals surface area contributed by atoms with Gasteiger partial charge in [0, 0.05) is 6.20 Å². The summed E-state index contributed by atoms with van der Waals surface area (Å²) in [6.45, 7) is 7.19. The quantitative estimate of drug-likeness (QED) is 0.360. The maximum absolute atomic E-state index is 13.5. The summed E-state index contributed by atoms with van der Waals surface area (Å²) in [7, 11) is -7.79. The van der Waals surface area contributed by atoms with Crippen LogP contribution in [0.25, 0.3) is 10.4 Å². The molecule has 0 saturated heterocycles. The molecule has 0 aliphatic heterocycles. The van der Waals surface area contributed by atoms with Gasteiger partial charge >= 0.3 is 15.2 Å². The summed E-state index contributed by atoms with van der Waals surface area (Å²) in [5, 5.41) is 3.38. The van der Waals surface area contributed by atoms with E-state index in [2.05, 4.69) is 10.3 Å². The molecule has 1 aromatic heterocycles. The third-order valence-corrected chi connectivity index (χ3v) is 10.3. The van der Waals surface area contributed by atoms with Crippen LogP contribution in [0.2, 0.25) is 0 Å². The first-order valence-electron chi connectivity index (χ1n) is 9.47. The van der Waals surface area contributed by atoms with Crippen LogP contribution in [0.4, 0.5) is 5.13 Å². The van der Waals surface area contributed by atoms with Crippen LogP contribution in [0.1, 0.15) is 27.7 Å². The summed E-state index contributed by atoms with van der Waals surface area (Å²) in [5.41, 5.74) is -0.352. The van der Waals surface area contributed by atoms with E-state index >= 15 is 0 Å². The number of hydrogen-bond donors (Lipinski definition) is 1. The first kappa shape index (κ1) is 24.2. The molecule has 0 bridgehead atoms. The molecule has 0 fully saturated rings. The van der Waals surface area contributed by atoms with Gasteiger partial charge in [-0.1, -0.05) is 41.7 Å². The average Bonchev–Trinajstić information content (AvgIpc) is 3.16. The molecule has 0 aliphatic rings. The summed E-state index contributed by atoms with van der Waals surface area (Å²) < 4.78 is 48.9. The van der Waals surface area contributed by atoms with Crippen molar-refractivity contribution in [2.24, 2.45) is 0 Å². The lowest BCUT2D eigenvalue weighted by molar-refractivity contribution is 0.198. The fourth-order valence-electron chi connectivity index (χ4n) is 2.60. The fourth-order valence-corrected chi connectivity index (χ4v) is 8.52. The van der Waals surface area contributed by atoms with E-state index in [1.807, 2.05) is 30.3 Å². The molecule has 0 spiro atoms. The van der Waals surface area contributed by atoms with Crippen molar-refractivity contribution in [2.45, 2.75) is 33.2 Å². The molecule has 0 unspecified atom stereocenters. The predicted octanol–water partition coefficient (Wildman–Crippen LogP) is 6.04. The largest absolute Gasteiger partial charge is 0.365 e. The Labute approximate surface area is 176 Å². The Morgan fingerprint density at radius 2 is 1.38 bits per heavy atom. The number of aromatic nitrogens is 1. The number of thiazole rings is 1. The Bertz CT molecular complexity index is 798. The first-order valence-corrected chi connectivity index (χ1v) is 13.5. The summed E-state index contributed by atoms with van der Waals surface area (Å²) in [6.07, 6.45) is 1.69. The van der Waals surface area contributed by atoms with Crippen LogP contribution in [0.3, 0.4) is 0 Å². The van der Waals surface area contributed by atoms with E-state index < -0.39 is 20.7 Å². The molecule has 0 atom stereocenters. The fraction of sp³-hybridized carbons (Fsp3) is 0.500. The summed E-state index contributed by atoms with van der Waals surface area (Å²) in [4.78, 5) is 5.24. The van der Waals surface area contributed by atoms with Gasteiger partial charge in [0.25, 0.3) is 0 Å². The van der Waals surface area contributed by atoms with E-state index in [9.17, 15) is 9.13 Å². The van der Waals surface area contributed by atoms with Crippen molar-refractivity contribution >= 4 is 31.7 Å². The van der Waals surface area contributed by atoms with Crippen LogP contribution in [0, 0.1) is 0 Å². The number of benzene rings is 1. The van der Waals surface area contributed by atoms with E-state index in [1.165, 1.54) is 11.3 Å². The second-order valence-corrected chi connectivity index (χ2v) is 11.3. The zero-order valence-electron chi connectivity index (χ0n) is 17.1. The van der Waals surface area contributed by atoms with Crippen LogP contribution >= 0.6 is 26.5 Å². The van der Waals surface area contributed by atoms with Crippen LogP contribution in [0.15, 0.2) is 36.5 Å². The molecule has 1 N–H and O–H groups in total. The molecule has 11 heteroatoms. The minimum absolute atomic E-state index is 0.112. The molecule has 2 rings (SSSR count). The lowest BCUT2D eigenvalue weighted by atomic mass is 10.2. The first-order chi connectivity index (χ1) is 13.9. The van der Waals surface area contributed by atoms with E-state index in [0.717, 1.165) is 10.4 Å². The topological polar surface area (TPSA) is 96.0 Å². The van der Waals surface area contributed by atoms with Crippen molar-refractivity contribution in [3.8, 4) is 10.4 Å². The standard InChI is InChI=1S/C18H28N2O6P2S/c1-5-23-27(21,24-6-2)18(28(22,25-7-3)26-8-4)20-17-19-14-16(29-17)15-12-10-9-11-13-15/h9-14,18H,5-8H2,1-4H3,(H,19,20). The molecule has 0 amide bonds. The second-order valence-electron chi connectivity index (χ2n) is 5.66. The lowest BCUT2D eigenvalue weighted by Crippen LogP contribution is -2.25. The van der Waals surface area contributed by atoms with Gasteiger partial charge in [-0.2, -0.15) is 0 Å². The van der Waals surface area contributed by atoms with Gasteiger partial charge in [0.05, 0.1) is 31.3 Å². The number of nitrogens with one attached hydrogen (secondary N) is 1. The van der Waals surface area contributed by atoms with Crippen molar-refractivity contribution in [3.63, 3.8) is 0 Å². The van der Waals surface area contributed by atoms with Crippen LogP contribution in [0.5, 0.6) is 0 Å².